The van der Waals surface area contributed by atoms with Crippen LogP contribution in [0.15, 0.2) is 121 Å². The fourth-order valence-electron chi connectivity index (χ4n) is 5.50. The molecule has 0 aliphatic carbocycles. The van der Waals surface area contributed by atoms with Gasteiger partial charge in [0, 0.05) is 30.3 Å². The van der Waals surface area contributed by atoms with Crippen molar-refractivity contribution in [2.45, 2.75) is 31.1 Å². The molecule has 3 N–H and O–H groups in total. The summed E-state index contributed by atoms with van der Waals surface area (Å²) in [6.45, 7) is 1.26. The lowest BCUT2D eigenvalue weighted by Gasteiger charge is -2.37. The molecule has 4 aromatic carbocycles. The number of aromatic nitrogens is 1. The summed E-state index contributed by atoms with van der Waals surface area (Å²) in [6.07, 6.45) is 2.27. The van der Waals surface area contributed by atoms with Crippen molar-refractivity contribution in [2.24, 2.45) is 5.73 Å². The second-order valence-corrected chi connectivity index (χ2v) is 10.1. The van der Waals surface area contributed by atoms with Crippen molar-refractivity contribution in [1.82, 2.24) is 4.57 Å². The molecule has 0 radical (unpaired) electrons. The fourth-order valence-corrected chi connectivity index (χ4v) is 5.50. The van der Waals surface area contributed by atoms with E-state index in [1.54, 1.807) is 0 Å². The molecule has 0 aliphatic heterocycles. The van der Waals surface area contributed by atoms with E-state index < -0.39 is 5.60 Å². The van der Waals surface area contributed by atoms with E-state index in [2.05, 4.69) is 41.0 Å². The molecule has 1 aromatic heterocycles. The summed E-state index contributed by atoms with van der Waals surface area (Å²) in [5, 5.41) is 10.9. The van der Waals surface area contributed by atoms with Crippen LogP contribution < -0.4 is 5.73 Å². The van der Waals surface area contributed by atoms with Crippen LogP contribution in [0.4, 0.5) is 0 Å². The lowest BCUT2D eigenvalue weighted by molar-refractivity contribution is -0.117. The third-order valence-electron chi connectivity index (χ3n) is 7.40. The molecule has 0 bridgehead atoms. The Morgan fingerprint density at radius 2 is 1.34 bits per heavy atom. The Hall–Kier alpha value is -4.23. The standard InChI is InChI=1S/C35H36N2O4/c36-34(39)24-27-25-37(33-19-11-10-18-32(27)33)21-23-40-31(20-22-38)26-41-35(28-12-4-1-5-13-28,29-14-6-2-7-15-29)30-16-8-3-9-17-30/h1-19,25,31,38H,20-24,26H2,(H2,36,39). The van der Waals surface area contributed by atoms with Crippen LogP contribution in [0.25, 0.3) is 10.9 Å². The van der Waals surface area contributed by atoms with E-state index in [1.807, 2.05) is 85.1 Å². The monoisotopic (exact) mass is 548 g/mol. The number of para-hydroxylation sites is 1. The number of rotatable bonds is 14. The average molecular weight is 549 g/mol. The molecule has 5 aromatic rings. The second kappa shape index (κ2) is 13.4. The van der Waals surface area contributed by atoms with Crippen LogP contribution in [0.3, 0.4) is 0 Å². The topological polar surface area (TPSA) is 86.7 Å². The second-order valence-electron chi connectivity index (χ2n) is 10.1. The number of primary amides is 1. The van der Waals surface area contributed by atoms with E-state index in [9.17, 15) is 9.90 Å². The highest BCUT2D eigenvalue weighted by atomic mass is 16.5. The first-order valence-electron chi connectivity index (χ1n) is 14.0. The van der Waals surface area contributed by atoms with E-state index in [0.29, 0.717) is 19.6 Å². The summed E-state index contributed by atoms with van der Waals surface area (Å²) in [5.74, 6) is -0.358. The van der Waals surface area contributed by atoms with Gasteiger partial charge < -0.3 is 24.9 Å². The number of carbonyl (C=O) groups excluding carboxylic acids is 1. The van der Waals surface area contributed by atoms with Gasteiger partial charge in [0.25, 0.3) is 0 Å². The van der Waals surface area contributed by atoms with E-state index in [1.165, 1.54) is 0 Å². The van der Waals surface area contributed by atoms with Crippen LogP contribution in [0, 0.1) is 0 Å². The molecule has 5 rings (SSSR count). The number of hydrogen-bond acceptors (Lipinski definition) is 4. The van der Waals surface area contributed by atoms with E-state index in [-0.39, 0.29) is 31.6 Å². The summed E-state index contributed by atoms with van der Waals surface area (Å²) < 4.78 is 15.4. The van der Waals surface area contributed by atoms with Crippen LogP contribution in [0.1, 0.15) is 28.7 Å². The average Bonchev–Trinajstić information content (AvgIpc) is 3.35. The first-order valence-corrected chi connectivity index (χ1v) is 14.0. The maximum atomic E-state index is 11.6. The van der Waals surface area contributed by atoms with Gasteiger partial charge in [-0.25, -0.2) is 0 Å². The van der Waals surface area contributed by atoms with Gasteiger partial charge in [0.1, 0.15) is 5.60 Å². The molecule has 0 saturated carbocycles. The highest BCUT2D eigenvalue weighted by Gasteiger charge is 2.38. The van der Waals surface area contributed by atoms with Gasteiger partial charge in [0.2, 0.25) is 5.91 Å². The van der Waals surface area contributed by atoms with Crippen molar-refractivity contribution in [2.75, 3.05) is 19.8 Å². The first kappa shape index (κ1) is 28.3. The van der Waals surface area contributed by atoms with Crippen molar-refractivity contribution in [3.63, 3.8) is 0 Å². The number of carbonyl (C=O) groups is 1. The van der Waals surface area contributed by atoms with Crippen LogP contribution in [0.2, 0.25) is 0 Å². The lowest BCUT2D eigenvalue weighted by atomic mass is 9.80. The zero-order chi connectivity index (χ0) is 28.5. The number of nitrogens with zero attached hydrogens (tertiary/aromatic N) is 1. The van der Waals surface area contributed by atoms with Crippen molar-refractivity contribution in [1.29, 1.82) is 0 Å². The largest absolute Gasteiger partial charge is 0.396 e. The zero-order valence-electron chi connectivity index (χ0n) is 23.1. The van der Waals surface area contributed by atoms with Gasteiger partial charge >= 0.3 is 0 Å². The summed E-state index contributed by atoms with van der Waals surface area (Å²) >= 11 is 0. The minimum absolute atomic E-state index is 0.0156. The van der Waals surface area contributed by atoms with Crippen LogP contribution in [0.5, 0.6) is 0 Å². The Balaban J connectivity index is 1.38. The highest BCUT2D eigenvalue weighted by Crippen LogP contribution is 2.40. The van der Waals surface area contributed by atoms with Crippen molar-refractivity contribution >= 4 is 16.8 Å². The van der Waals surface area contributed by atoms with Crippen molar-refractivity contribution < 1.29 is 19.4 Å². The smallest absolute Gasteiger partial charge is 0.221 e. The maximum Gasteiger partial charge on any atom is 0.221 e. The molecule has 210 valence electrons. The molecular formula is C35H36N2O4. The van der Waals surface area contributed by atoms with Gasteiger partial charge in [-0.15, -0.1) is 0 Å². The molecule has 0 aliphatic rings. The van der Waals surface area contributed by atoms with E-state index in [4.69, 9.17) is 15.2 Å². The van der Waals surface area contributed by atoms with Crippen molar-refractivity contribution in [3.05, 3.63) is 144 Å². The third kappa shape index (κ3) is 6.41. The minimum atomic E-state index is -0.860. The van der Waals surface area contributed by atoms with E-state index in [0.717, 1.165) is 33.2 Å². The number of amides is 1. The lowest BCUT2D eigenvalue weighted by Crippen LogP contribution is -2.36. The number of ether oxygens (including phenoxy) is 2. The van der Waals surface area contributed by atoms with Gasteiger partial charge in [-0.1, -0.05) is 109 Å². The minimum Gasteiger partial charge on any atom is -0.396 e. The summed E-state index contributed by atoms with van der Waals surface area (Å²) in [5.41, 5.74) is 9.60. The first-order chi connectivity index (χ1) is 20.1. The van der Waals surface area contributed by atoms with Gasteiger partial charge in [-0.3, -0.25) is 4.79 Å². The number of aliphatic hydroxyl groups is 1. The molecule has 1 atom stereocenters. The number of benzene rings is 4. The van der Waals surface area contributed by atoms with Crippen LogP contribution in [-0.2, 0) is 32.8 Å². The van der Waals surface area contributed by atoms with Gasteiger partial charge in [0.05, 0.1) is 25.7 Å². The van der Waals surface area contributed by atoms with Gasteiger partial charge in [-0.2, -0.15) is 0 Å². The molecule has 1 unspecified atom stereocenters. The highest BCUT2D eigenvalue weighted by molar-refractivity contribution is 5.88. The van der Waals surface area contributed by atoms with E-state index >= 15 is 0 Å². The molecule has 0 saturated heterocycles. The third-order valence-corrected chi connectivity index (χ3v) is 7.40. The number of hydrogen-bond donors (Lipinski definition) is 2. The zero-order valence-corrected chi connectivity index (χ0v) is 23.1. The molecule has 1 heterocycles. The Morgan fingerprint density at radius 3 is 1.88 bits per heavy atom. The molecule has 0 fully saturated rings. The SMILES string of the molecule is NC(=O)Cc1cn(CCOC(CCO)COC(c2ccccc2)(c2ccccc2)c2ccccc2)c2ccccc12. The molecule has 41 heavy (non-hydrogen) atoms. The van der Waals surface area contributed by atoms with Gasteiger partial charge in [0.15, 0.2) is 0 Å². The quantitative estimate of drug-likeness (QED) is 0.181. The molecule has 6 heteroatoms. The Morgan fingerprint density at radius 1 is 0.805 bits per heavy atom. The summed E-state index contributed by atoms with van der Waals surface area (Å²) in [6, 6.07) is 38.6. The number of nitrogens with two attached hydrogens (primary N) is 1. The van der Waals surface area contributed by atoms with Crippen molar-refractivity contribution in [3.8, 4) is 0 Å². The number of aliphatic hydroxyl groups excluding tert-OH is 1. The molecular weight excluding hydrogens is 512 g/mol. The Kier molecular flexibility index (Phi) is 9.26. The fraction of sp³-hybridized carbons (Fsp3) is 0.229. The maximum absolute atomic E-state index is 11.6. The summed E-state index contributed by atoms with van der Waals surface area (Å²) in [4.78, 5) is 11.6. The normalized spacial score (nSPS) is 12.4. The van der Waals surface area contributed by atoms with Crippen LogP contribution >= 0.6 is 0 Å². The molecule has 0 spiro atoms. The van der Waals surface area contributed by atoms with Crippen LogP contribution in [-0.4, -0.2) is 41.5 Å². The predicted octanol–water partition coefficient (Wildman–Crippen LogP) is 5.45. The molecule has 1 amide bonds. The number of fused-ring (bicyclic) bond motifs is 1. The summed E-state index contributed by atoms with van der Waals surface area (Å²) in [7, 11) is 0. The Labute approximate surface area is 241 Å². The molecule has 6 nitrogen and oxygen atoms in total. The Bertz CT molecular complexity index is 1440. The van der Waals surface area contributed by atoms with Gasteiger partial charge in [-0.05, 0) is 34.7 Å². The predicted molar refractivity (Wildman–Crippen MR) is 161 cm³/mol.